The lowest BCUT2D eigenvalue weighted by Crippen LogP contribution is -2.15. The van der Waals surface area contributed by atoms with Crippen LogP contribution in [0.15, 0.2) is 53.4 Å². The van der Waals surface area contributed by atoms with Crippen LogP contribution in [0.1, 0.15) is 17.3 Å². The van der Waals surface area contributed by atoms with Gasteiger partial charge in [-0.1, -0.05) is 40.2 Å². The van der Waals surface area contributed by atoms with E-state index in [9.17, 15) is 13.2 Å². The summed E-state index contributed by atoms with van der Waals surface area (Å²) in [6.07, 6.45) is 0. The summed E-state index contributed by atoms with van der Waals surface area (Å²) in [6.45, 7) is 1.43. The third-order valence-electron chi connectivity index (χ3n) is 3.15. The highest BCUT2D eigenvalue weighted by atomic mass is 79.9. The quantitative estimate of drug-likeness (QED) is 0.756. The van der Waals surface area contributed by atoms with Crippen LogP contribution in [0, 0.1) is 0 Å². The second-order valence-corrected chi connectivity index (χ2v) is 7.42. The molecule has 0 saturated heterocycles. The maximum Gasteiger partial charge on any atom is 0.265 e. The Bertz CT molecular complexity index is 806. The predicted octanol–water partition coefficient (Wildman–Crippen LogP) is 3.52. The van der Waals surface area contributed by atoms with Crippen molar-refractivity contribution in [3.05, 3.63) is 54.1 Å². The van der Waals surface area contributed by atoms with Gasteiger partial charge in [-0.15, -0.1) is 0 Å². The molecule has 0 radical (unpaired) electrons. The number of benzene rings is 2. The van der Waals surface area contributed by atoms with Crippen LogP contribution in [-0.4, -0.2) is 21.3 Å². The van der Waals surface area contributed by atoms with E-state index in [-0.39, 0.29) is 16.4 Å². The number of carbonyl (C=O) groups is 1. The Kier molecular flexibility index (Phi) is 5.43. The SMILES string of the molecule is COc1ccc(C(Br)C(C)=O)cc1S(=O)(=O)Nc1ccccc1. The van der Waals surface area contributed by atoms with Gasteiger partial charge in [0.2, 0.25) is 0 Å². The van der Waals surface area contributed by atoms with Gasteiger partial charge in [0, 0.05) is 5.69 Å². The van der Waals surface area contributed by atoms with Crippen molar-refractivity contribution in [1.29, 1.82) is 0 Å². The molecular formula is C16H16BrNO4S. The molecule has 122 valence electrons. The number of methoxy groups -OCH3 is 1. The first-order valence-electron chi connectivity index (χ1n) is 6.75. The topological polar surface area (TPSA) is 72.5 Å². The Morgan fingerprint density at radius 1 is 1.17 bits per heavy atom. The van der Waals surface area contributed by atoms with Crippen molar-refractivity contribution in [2.24, 2.45) is 0 Å². The van der Waals surface area contributed by atoms with E-state index in [2.05, 4.69) is 20.7 Å². The van der Waals surface area contributed by atoms with E-state index in [1.54, 1.807) is 36.4 Å². The highest BCUT2D eigenvalue weighted by Gasteiger charge is 2.23. The highest BCUT2D eigenvalue weighted by molar-refractivity contribution is 9.09. The standard InChI is InChI=1S/C16H16BrNO4S/c1-11(19)16(17)12-8-9-14(22-2)15(10-12)23(20,21)18-13-6-4-3-5-7-13/h3-10,16,18H,1-2H3. The Morgan fingerprint density at radius 3 is 2.39 bits per heavy atom. The molecule has 2 aromatic rings. The fourth-order valence-corrected chi connectivity index (χ4v) is 3.56. The Labute approximate surface area is 143 Å². The largest absolute Gasteiger partial charge is 0.495 e. The molecule has 2 aromatic carbocycles. The lowest BCUT2D eigenvalue weighted by molar-refractivity contribution is -0.116. The second-order valence-electron chi connectivity index (χ2n) is 4.86. The lowest BCUT2D eigenvalue weighted by Gasteiger charge is -2.14. The summed E-state index contributed by atoms with van der Waals surface area (Å²) in [5.74, 6) is 0.0926. The van der Waals surface area contributed by atoms with Gasteiger partial charge >= 0.3 is 0 Å². The van der Waals surface area contributed by atoms with E-state index in [1.165, 1.54) is 26.2 Å². The van der Waals surface area contributed by atoms with Crippen molar-refractivity contribution in [3.63, 3.8) is 0 Å². The monoisotopic (exact) mass is 397 g/mol. The fourth-order valence-electron chi connectivity index (χ4n) is 2.01. The number of carbonyl (C=O) groups excluding carboxylic acids is 1. The molecule has 2 rings (SSSR count). The smallest absolute Gasteiger partial charge is 0.265 e. The summed E-state index contributed by atoms with van der Waals surface area (Å²) in [5, 5.41) is 0. The summed E-state index contributed by atoms with van der Waals surface area (Å²) in [5.41, 5.74) is 0.994. The number of para-hydroxylation sites is 1. The number of hydrogen-bond donors (Lipinski definition) is 1. The summed E-state index contributed by atoms with van der Waals surface area (Å²) < 4.78 is 32.9. The minimum Gasteiger partial charge on any atom is -0.495 e. The second kappa shape index (κ2) is 7.14. The number of alkyl halides is 1. The number of nitrogens with one attached hydrogen (secondary N) is 1. The van der Waals surface area contributed by atoms with Crippen LogP contribution in [0.5, 0.6) is 5.75 Å². The zero-order chi connectivity index (χ0) is 17.0. The average molecular weight is 398 g/mol. The van der Waals surface area contributed by atoms with Gasteiger partial charge in [-0.25, -0.2) is 8.42 Å². The molecule has 0 aliphatic carbocycles. The van der Waals surface area contributed by atoms with Gasteiger partial charge < -0.3 is 4.74 Å². The van der Waals surface area contributed by atoms with Crippen molar-refractivity contribution in [2.45, 2.75) is 16.6 Å². The molecule has 0 aliphatic rings. The molecule has 1 atom stereocenters. The van der Waals surface area contributed by atoms with Crippen LogP contribution < -0.4 is 9.46 Å². The minimum atomic E-state index is -3.84. The Morgan fingerprint density at radius 2 is 1.83 bits per heavy atom. The number of anilines is 1. The van der Waals surface area contributed by atoms with Gasteiger partial charge in [-0.2, -0.15) is 0 Å². The van der Waals surface area contributed by atoms with Crippen molar-refractivity contribution in [3.8, 4) is 5.75 Å². The molecule has 1 unspecified atom stereocenters. The molecule has 0 amide bonds. The van der Waals surface area contributed by atoms with Gasteiger partial charge in [-0.05, 0) is 36.8 Å². The fraction of sp³-hybridized carbons (Fsp3) is 0.188. The molecule has 0 heterocycles. The number of hydrogen-bond acceptors (Lipinski definition) is 4. The van der Waals surface area contributed by atoms with E-state index in [0.29, 0.717) is 11.3 Å². The third-order valence-corrected chi connectivity index (χ3v) is 5.73. The highest BCUT2D eigenvalue weighted by Crippen LogP contribution is 2.32. The normalized spacial score (nSPS) is 12.5. The summed E-state index contributed by atoms with van der Waals surface area (Å²) in [7, 11) is -2.45. The first kappa shape index (κ1) is 17.5. The van der Waals surface area contributed by atoms with E-state index in [1.807, 2.05) is 0 Å². The number of Topliss-reactive ketones (excluding diaryl/α,β-unsaturated/α-hetero) is 1. The van der Waals surface area contributed by atoms with E-state index < -0.39 is 14.9 Å². The Hall–Kier alpha value is -1.86. The molecule has 0 bridgehead atoms. The zero-order valence-corrected chi connectivity index (χ0v) is 15.0. The van der Waals surface area contributed by atoms with Crippen molar-refractivity contribution in [2.75, 3.05) is 11.8 Å². The number of halogens is 1. The number of ether oxygens (including phenoxy) is 1. The maximum atomic E-state index is 12.6. The molecule has 7 heteroatoms. The molecule has 0 aliphatic heterocycles. The first-order valence-corrected chi connectivity index (χ1v) is 9.15. The number of sulfonamides is 1. The molecule has 0 saturated carbocycles. The van der Waals surface area contributed by atoms with Gasteiger partial charge in [0.1, 0.15) is 16.4 Å². The average Bonchev–Trinajstić information content (AvgIpc) is 2.54. The number of ketones is 1. The Balaban J connectivity index is 2.47. The molecular weight excluding hydrogens is 382 g/mol. The van der Waals surface area contributed by atoms with Crippen LogP contribution in [0.4, 0.5) is 5.69 Å². The molecule has 0 spiro atoms. The van der Waals surface area contributed by atoms with Gasteiger partial charge in [0.05, 0.1) is 11.9 Å². The van der Waals surface area contributed by atoms with Crippen molar-refractivity contribution < 1.29 is 17.9 Å². The lowest BCUT2D eigenvalue weighted by atomic mass is 10.1. The van der Waals surface area contributed by atoms with Crippen LogP contribution >= 0.6 is 15.9 Å². The van der Waals surface area contributed by atoms with Crippen molar-refractivity contribution in [1.82, 2.24) is 0 Å². The zero-order valence-electron chi connectivity index (χ0n) is 12.6. The van der Waals surface area contributed by atoms with Crippen LogP contribution in [0.2, 0.25) is 0 Å². The molecule has 5 nitrogen and oxygen atoms in total. The summed E-state index contributed by atoms with van der Waals surface area (Å²) in [4.78, 5) is 10.9. The molecule has 23 heavy (non-hydrogen) atoms. The predicted molar refractivity (Wildman–Crippen MR) is 92.6 cm³/mol. The van der Waals surface area contributed by atoms with E-state index in [4.69, 9.17) is 4.74 Å². The van der Waals surface area contributed by atoms with Crippen LogP contribution in [0.3, 0.4) is 0 Å². The van der Waals surface area contributed by atoms with Crippen LogP contribution in [-0.2, 0) is 14.8 Å². The van der Waals surface area contributed by atoms with Gasteiger partial charge in [0.25, 0.3) is 10.0 Å². The van der Waals surface area contributed by atoms with E-state index >= 15 is 0 Å². The number of rotatable bonds is 6. The van der Waals surface area contributed by atoms with E-state index in [0.717, 1.165) is 0 Å². The third kappa shape index (κ3) is 4.11. The molecule has 0 fully saturated rings. The van der Waals surface area contributed by atoms with Gasteiger partial charge in [-0.3, -0.25) is 9.52 Å². The van der Waals surface area contributed by atoms with Crippen LogP contribution in [0.25, 0.3) is 0 Å². The summed E-state index contributed by atoms with van der Waals surface area (Å²) in [6, 6.07) is 13.2. The molecule has 0 aromatic heterocycles. The molecule has 1 N–H and O–H groups in total. The van der Waals surface area contributed by atoms with Gasteiger partial charge in [0.15, 0.2) is 0 Å². The summed E-state index contributed by atoms with van der Waals surface area (Å²) >= 11 is 3.26. The minimum absolute atomic E-state index is 0.0212. The van der Waals surface area contributed by atoms with Crippen molar-refractivity contribution >= 4 is 37.4 Å². The maximum absolute atomic E-state index is 12.6. The first-order chi connectivity index (χ1) is 10.8.